The fourth-order valence-corrected chi connectivity index (χ4v) is 6.61. The Morgan fingerprint density at radius 1 is 0.870 bits per heavy atom. The highest BCUT2D eigenvalue weighted by Gasteiger charge is 2.20. The van der Waals surface area contributed by atoms with Gasteiger partial charge in [-0.2, -0.15) is 0 Å². The smallest absolute Gasteiger partial charge is 0.0870 e. The molecule has 0 unspecified atom stereocenters. The Morgan fingerprint density at radius 2 is 1.52 bits per heavy atom. The van der Waals surface area contributed by atoms with E-state index in [0.29, 0.717) is 0 Å². The lowest BCUT2D eigenvalue weighted by atomic mass is 9.79. The molecule has 0 nitrogen and oxygen atoms in total. The minimum Gasteiger partial charge on any atom is -0.129 e. The molecule has 0 radical (unpaired) electrons. The molecule has 2 heteroatoms. The van der Waals surface area contributed by atoms with Crippen LogP contribution in [0.25, 0.3) is 9.40 Å². The number of fused-ring (bicyclic) bond motifs is 1. The summed E-state index contributed by atoms with van der Waals surface area (Å²) in [5, 5.41) is 1.52. The van der Waals surface area contributed by atoms with E-state index < -0.39 is 0 Å². The predicted octanol–water partition coefficient (Wildman–Crippen LogP) is 7.84. The second-order valence-electron chi connectivity index (χ2n) is 7.46. The second kappa shape index (κ2) is 8.67. The van der Waals surface area contributed by atoms with Crippen molar-refractivity contribution in [3.8, 4) is 0 Å². The van der Waals surface area contributed by atoms with Gasteiger partial charge in [-0.05, 0) is 49.7 Å². The van der Waals surface area contributed by atoms with Crippen molar-refractivity contribution >= 4 is 32.1 Å². The third kappa shape index (κ3) is 4.82. The first-order valence-electron chi connectivity index (χ1n) is 9.79. The van der Waals surface area contributed by atoms with E-state index in [0.717, 1.165) is 11.8 Å². The van der Waals surface area contributed by atoms with Crippen LogP contribution in [0.5, 0.6) is 0 Å². The summed E-state index contributed by atoms with van der Waals surface area (Å²) in [6.45, 7) is 4.65. The molecule has 128 valence electrons. The molecule has 1 aliphatic carbocycles. The normalized spacial score (nSPS) is 22.0. The zero-order chi connectivity index (χ0) is 16.1. The molecular formula is C21H32S2. The molecule has 1 saturated carbocycles. The Bertz CT molecular complexity index is 553. The molecule has 23 heavy (non-hydrogen) atoms. The van der Waals surface area contributed by atoms with Crippen LogP contribution in [-0.4, -0.2) is 0 Å². The van der Waals surface area contributed by atoms with Crippen LogP contribution in [0.15, 0.2) is 12.1 Å². The van der Waals surface area contributed by atoms with Crippen LogP contribution in [0.1, 0.15) is 81.4 Å². The molecule has 0 atom stereocenters. The molecule has 0 bridgehead atoms. The molecule has 1 aliphatic rings. The maximum Gasteiger partial charge on any atom is 0.0870 e. The van der Waals surface area contributed by atoms with Gasteiger partial charge >= 0.3 is 0 Å². The van der Waals surface area contributed by atoms with Gasteiger partial charge in [0.25, 0.3) is 0 Å². The number of aryl methyl sites for hydroxylation is 2. The first-order valence-corrected chi connectivity index (χ1v) is 11.4. The summed E-state index contributed by atoms with van der Waals surface area (Å²) in [6.07, 6.45) is 15.4. The van der Waals surface area contributed by atoms with Gasteiger partial charge in [0.15, 0.2) is 0 Å². The van der Waals surface area contributed by atoms with Gasteiger partial charge in [-0.15, -0.1) is 22.7 Å². The van der Waals surface area contributed by atoms with Gasteiger partial charge < -0.3 is 0 Å². The molecule has 3 rings (SSSR count). The van der Waals surface area contributed by atoms with Crippen LogP contribution in [0.2, 0.25) is 0 Å². The van der Waals surface area contributed by atoms with Crippen molar-refractivity contribution in [3.05, 3.63) is 21.9 Å². The maximum absolute atomic E-state index is 2.48. The summed E-state index contributed by atoms with van der Waals surface area (Å²) in [5.74, 6) is 2.03. The van der Waals surface area contributed by atoms with E-state index in [1.807, 2.05) is 0 Å². The number of hydrogen-bond acceptors (Lipinski definition) is 2. The topological polar surface area (TPSA) is 0 Å². The van der Waals surface area contributed by atoms with Gasteiger partial charge in [0.05, 0.1) is 4.01 Å². The Balaban J connectivity index is 1.48. The number of rotatable bonds is 8. The molecule has 0 aromatic carbocycles. The lowest BCUT2D eigenvalue weighted by molar-refractivity contribution is 0.259. The lowest BCUT2D eigenvalue weighted by Gasteiger charge is -2.27. The maximum atomic E-state index is 2.48. The van der Waals surface area contributed by atoms with Crippen LogP contribution in [0.4, 0.5) is 0 Å². The van der Waals surface area contributed by atoms with Gasteiger partial charge in [-0.1, -0.05) is 58.8 Å². The second-order valence-corrected chi connectivity index (χ2v) is 9.99. The van der Waals surface area contributed by atoms with Gasteiger partial charge in [0.1, 0.15) is 0 Å². The molecule has 0 amide bonds. The average molecular weight is 349 g/mol. The number of thiophene rings is 2. The summed E-state index contributed by atoms with van der Waals surface area (Å²) in [6, 6.07) is 4.94. The molecule has 0 aliphatic heterocycles. The Labute approximate surface area is 150 Å². The van der Waals surface area contributed by atoms with Crippen LogP contribution in [-0.2, 0) is 12.8 Å². The quantitative estimate of drug-likeness (QED) is 0.426. The summed E-state index contributed by atoms with van der Waals surface area (Å²) >= 11 is 4.12. The largest absolute Gasteiger partial charge is 0.129 e. The predicted molar refractivity (Wildman–Crippen MR) is 107 cm³/mol. The van der Waals surface area contributed by atoms with Crippen molar-refractivity contribution in [2.45, 2.75) is 84.5 Å². The Morgan fingerprint density at radius 3 is 2.13 bits per heavy atom. The molecule has 0 saturated heterocycles. The zero-order valence-electron chi connectivity index (χ0n) is 14.9. The highest BCUT2D eigenvalue weighted by atomic mass is 32.2. The van der Waals surface area contributed by atoms with Gasteiger partial charge in [-0.3, -0.25) is 0 Å². The minimum absolute atomic E-state index is 1.00. The first-order chi connectivity index (χ1) is 11.3. The van der Waals surface area contributed by atoms with Crippen molar-refractivity contribution in [1.82, 2.24) is 0 Å². The van der Waals surface area contributed by atoms with E-state index in [2.05, 4.69) is 48.7 Å². The van der Waals surface area contributed by atoms with E-state index in [1.165, 1.54) is 76.0 Å². The number of hydrogen-bond donors (Lipinski definition) is 0. The minimum atomic E-state index is 1.00. The van der Waals surface area contributed by atoms with E-state index in [4.69, 9.17) is 0 Å². The lowest BCUT2D eigenvalue weighted by Crippen LogP contribution is -2.14. The van der Waals surface area contributed by atoms with Crippen LogP contribution < -0.4 is 0 Å². The highest BCUT2D eigenvalue weighted by molar-refractivity contribution is 7.38. The summed E-state index contributed by atoms with van der Waals surface area (Å²) in [4.78, 5) is 3.23. The van der Waals surface area contributed by atoms with E-state index in [-0.39, 0.29) is 0 Å². The Hall–Kier alpha value is -0.340. The molecule has 0 N–H and O–H groups in total. The fourth-order valence-electron chi connectivity index (χ4n) is 4.01. The standard InChI is InChI=1S/C21H32S2/c1-3-5-6-7-19-14-18-15-20(23-21(18)22-19)13-12-17-10-8-16(4-2)9-11-17/h14-17H,3-13H2,1-2H3. The molecule has 2 aromatic heterocycles. The van der Waals surface area contributed by atoms with E-state index in [9.17, 15) is 0 Å². The first kappa shape index (κ1) is 17.5. The number of unbranched alkanes of at least 4 members (excludes halogenated alkanes) is 2. The summed E-state index contributed by atoms with van der Waals surface area (Å²) in [7, 11) is 0. The molecule has 1 fully saturated rings. The SMILES string of the molecule is CCCCCc1cc2cc(CCC3CCC(CC)CC3)sc2s1. The van der Waals surface area contributed by atoms with Crippen molar-refractivity contribution in [2.24, 2.45) is 11.8 Å². The van der Waals surface area contributed by atoms with Gasteiger partial charge in [0, 0.05) is 15.1 Å². The van der Waals surface area contributed by atoms with Crippen molar-refractivity contribution < 1.29 is 0 Å². The third-order valence-electron chi connectivity index (χ3n) is 5.69. The van der Waals surface area contributed by atoms with Crippen molar-refractivity contribution in [2.75, 3.05) is 0 Å². The van der Waals surface area contributed by atoms with Gasteiger partial charge in [0.2, 0.25) is 0 Å². The fraction of sp³-hybridized carbons (Fsp3) is 0.714. The van der Waals surface area contributed by atoms with Crippen LogP contribution in [0, 0.1) is 11.8 Å². The molecule has 2 aromatic rings. The third-order valence-corrected chi connectivity index (χ3v) is 8.20. The summed E-state index contributed by atoms with van der Waals surface area (Å²) in [5.41, 5.74) is 0. The summed E-state index contributed by atoms with van der Waals surface area (Å²) < 4.78 is 1.57. The Kier molecular flexibility index (Phi) is 6.59. The average Bonchev–Trinajstić information content (AvgIpc) is 3.12. The molecule has 2 heterocycles. The molecular weight excluding hydrogens is 316 g/mol. The van der Waals surface area contributed by atoms with Crippen molar-refractivity contribution in [3.63, 3.8) is 0 Å². The highest BCUT2D eigenvalue weighted by Crippen LogP contribution is 2.37. The zero-order valence-corrected chi connectivity index (χ0v) is 16.5. The monoisotopic (exact) mass is 348 g/mol. The van der Waals surface area contributed by atoms with Crippen LogP contribution in [0.3, 0.4) is 0 Å². The van der Waals surface area contributed by atoms with Crippen molar-refractivity contribution in [1.29, 1.82) is 0 Å². The van der Waals surface area contributed by atoms with Crippen LogP contribution >= 0.6 is 22.7 Å². The van der Waals surface area contributed by atoms with E-state index in [1.54, 1.807) is 13.8 Å². The van der Waals surface area contributed by atoms with Gasteiger partial charge in [-0.25, -0.2) is 0 Å². The molecule has 0 spiro atoms. The van der Waals surface area contributed by atoms with E-state index >= 15 is 0 Å².